The fourth-order valence-corrected chi connectivity index (χ4v) is 1.58. The maximum atomic E-state index is 13.7. The standard InChI is InChI=1S/C12H14F2N4/c13-12(14,11-4-2-1-3-5-11)10-15-6-8-18-9-7-16-17-18/h1-5,7,9,15H,6,8,10H2. The van der Waals surface area contributed by atoms with Gasteiger partial charge in [-0.25, -0.2) is 0 Å². The SMILES string of the molecule is FC(F)(CNCCn1ccnn1)c1ccccc1. The molecule has 96 valence electrons. The van der Waals surface area contributed by atoms with E-state index < -0.39 is 5.92 Å². The highest BCUT2D eigenvalue weighted by Crippen LogP contribution is 2.26. The fraction of sp³-hybridized carbons (Fsp3) is 0.333. The Kier molecular flexibility index (Phi) is 3.99. The average molecular weight is 252 g/mol. The Morgan fingerprint density at radius 2 is 2.00 bits per heavy atom. The average Bonchev–Trinajstić information content (AvgIpc) is 2.89. The van der Waals surface area contributed by atoms with Crippen LogP contribution >= 0.6 is 0 Å². The Morgan fingerprint density at radius 3 is 2.67 bits per heavy atom. The van der Waals surface area contributed by atoms with Gasteiger partial charge in [-0.1, -0.05) is 35.5 Å². The third kappa shape index (κ3) is 3.33. The zero-order valence-corrected chi connectivity index (χ0v) is 9.76. The minimum Gasteiger partial charge on any atom is -0.309 e. The van der Waals surface area contributed by atoms with Gasteiger partial charge in [0.05, 0.1) is 19.3 Å². The molecule has 6 heteroatoms. The van der Waals surface area contributed by atoms with Gasteiger partial charge >= 0.3 is 0 Å². The van der Waals surface area contributed by atoms with Crippen LogP contribution < -0.4 is 5.32 Å². The fourth-order valence-electron chi connectivity index (χ4n) is 1.58. The molecule has 0 spiro atoms. The van der Waals surface area contributed by atoms with Gasteiger partial charge in [-0.15, -0.1) is 5.10 Å². The van der Waals surface area contributed by atoms with Crippen molar-refractivity contribution in [1.29, 1.82) is 0 Å². The quantitative estimate of drug-likeness (QED) is 0.795. The first-order valence-electron chi connectivity index (χ1n) is 5.67. The largest absolute Gasteiger partial charge is 0.309 e. The lowest BCUT2D eigenvalue weighted by atomic mass is 10.1. The van der Waals surface area contributed by atoms with E-state index in [1.54, 1.807) is 35.3 Å². The summed E-state index contributed by atoms with van der Waals surface area (Å²) in [7, 11) is 0. The number of nitrogens with zero attached hydrogens (tertiary/aromatic N) is 3. The van der Waals surface area contributed by atoms with Crippen LogP contribution in [0.25, 0.3) is 0 Å². The van der Waals surface area contributed by atoms with E-state index >= 15 is 0 Å². The maximum Gasteiger partial charge on any atom is 0.285 e. The molecule has 0 fully saturated rings. The molecule has 0 aliphatic heterocycles. The summed E-state index contributed by atoms with van der Waals surface area (Å²) >= 11 is 0. The van der Waals surface area contributed by atoms with Crippen LogP contribution in [0.15, 0.2) is 42.7 Å². The molecule has 1 aromatic carbocycles. The summed E-state index contributed by atoms with van der Waals surface area (Å²) in [5.41, 5.74) is 0.0262. The summed E-state index contributed by atoms with van der Waals surface area (Å²) < 4.78 is 29.0. The molecule has 0 saturated heterocycles. The van der Waals surface area contributed by atoms with Crippen LogP contribution in [-0.4, -0.2) is 28.1 Å². The molecule has 0 aliphatic carbocycles. The first-order chi connectivity index (χ1) is 8.68. The number of nitrogens with one attached hydrogen (secondary N) is 1. The molecule has 0 saturated carbocycles. The predicted molar refractivity (Wildman–Crippen MR) is 63.2 cm³/mol. The second-order valence-corrected chi connectivity index (χ2v) is 3.91. The lowest BCUT2D eigenvalue weighted by Crippen LogP contribution is -2.32. The van der Waals surface area contributed by atoms with Gasteiger partial charge in [0.25, 0.3) is 5.92 Å². The first kappa shape index (κ1) is 12.6. The van der Waals surface area contributed by atoms with Gasteiger partial charge in [0.1, 0.15) is 0 Å². The molecule has 0 bridgehead atoms. The highest BCUT2D eigenvalue weighted by molar-refractivity contribution is 5.20. The van der Waals surface area contributed by atoms with Gasteiger partial charge in [0.2, 0.25) is 0 Å². The van der Waals surface area contributed by atoms with E-state index in [1.165, 1.54) is 12.1 Å². The normalized spacial score (nSPS) is 11.7. The number of benzene rings is 1. The van der Waals surface area contributed by atoms with Crippen LogP contribution in [0.3, 0.4) is 0 Å². The van der Waals surface area contributed by atoms with Crippen LogP contribution in [0.1, 0.15) is 5.56 Å². The third-order valence-electron chi connectivity index (χ3n) is 2.53. The van der Waals surface area contributed by atoms with Crippen molar-refractivity contribution in [3.63, 3.8) is 0 Å². The Morgan fingerprint density at radius 1 is 1.22 bits per heavy atom. The Hall–Kier alpha value is -1.82. The van der Waals surface area contributed by atoms with E-state index in [-0.39, 0.29) is 12.1 Å². The van der Waals surface area contributed by atoms with E-state index in [0.29, 0.717) is 13.1 Å². The van der Waals surface area contributed by atoms with Crippen molar-refractivity contribution in [2.24, 2.45) is 0 Å². The van der Waals surface area contributed by atoms with Crippen LogP contribution in [0.4, 0.5) is 8.78 Å². The molecule has 1 N–H and O–H groups in total. The number of aromatic nitrogens is 3. The molecular weight excluding hydrogens is 238 g/mol. The van der Waals surface area contributed by atoms with E-state index in [4.69, 9.17) is 0 Å². The lowest BCUT2D eigenvalue weighted by molar-refractivity contribution is -0.00316. The molecule has 1 aromatic heterocycles. The van der Waals surface area contributed by atoms with Crippen molar-refractivity contribution in [2.75, 3.05) is 13.1 Å². The number of hydrogen-bond acceptors (Lipinski definition) is 3. The molecule has 0 aliphatic rings. The van der Waals surface area contributed by atoms with Crippen molar-refractivity contribution in [3.8, 4) is 0 Å². The van der Waals surface area contributed by atoms with Gasteiger partial charge in [0.15, 0.2) is 0 Å². The van der Waals surface area contributed by atoms with Gasteiger partial charge in [-0.05, 0) is 0 Å². The second kappa shape index (κ2) is 5.68. The van der Waals surface area contributed by atoms with Crippen molar-refractivity contribution in [1.82, 2.24) is 20.3 Å². The molecule has 0 radical (unpaired) electrons. The number of rotatable bonds is 6. The number of halogens is 2. The van der Waals surface area contributed by atoms with Gasteiger partial charge in [-0.2, -0.15) is 8.78 Å². The second-order valence-electron chi connectivity index (χ2n) is 3.91. The molecule has 2 rings (SSSR count). The van der Waals surface area contributed by atoms with E-state index in [1.807, 2.05) is 0 Å². The Labute approximate surface area is 104 Å². The van der Waals surface area contributed by atoms with Gasteiger partial charge in [0, 0.05) is 18.3 Å². The van der Waals surface area contributed by atoms with Gasteiger partial charge in [-0.3, -0.25) is 4.68 Å². The van der Waals surface area contributed by atoms with Crippen molar-refractivity contribution < 1.29 is 8.78 Å². The summed E-state index contributed by atoms with van der Waals surface area (Å²) in [5.74, 6) is -2.86. The maximum absolute atomic E-state index is 13.7. The molecule has 0 atom stereocenters. The van der Waals surface area contributed by atoms with Crippen molar-refractivity contribution in [2.45, 2.75) is 12.5 Å². The zero-order chi connectivity index (χ0) is 12.8. The number of hydrogen-bond donors (Lipinski definition) is 1. The summed E-state index contributed by atoms with van der Waals surface area (Å²) in [6, 6.07) is 7.80. The molecule has 0 amide bonds. The summed E-state index contributed by atoms with van der Waals surface area (Å²) in [6.07, 6.45) is 3.25. The summed E-state index contributed by atoms with van der Waals surface area (Å²) in [5, 5.41) is 10.1. The Bertz CT molecular complexity index is 456. The molecule has 18 heavy (non-hydrogen) atoms. The third-order valence-corrected chi connectivity index (χ3v) is 2.53. The van der Waals surface area contributed by atoms with Crippen LogP contribution in [-0.2, 0) is 12.5 Å². The lowest BCUT2D eigenvalue weighted by Gasteiger charge is -2.17. The first-order valence-corrected chi connectivity index (χ1v) is 5.67. The van der Waals surface area contributed by atoms with E-state index in [2.05, 4.69) is 15.6 Å². The zero-order valence-electron chi connectivity index (χ0n) is 9.76. The molecule has 2 aromatic rings. The summed E-state index contributed by atoms with van der Waals surface area (Å²) in [6.45, 7) is 0.558. The number of alkyl halides is 2. The minimum absolute atomic E-state index is 0.0262. The topological polar surface area (TPSA) is 42.7 Å². The molecule has 1 heterocycles. The van der Waals surface area contributed by atoms with Crippen molar-refractivity contribution in [3.05, 3.63) is 48.3 Å². The monoisotopic (exact) mass is 252 g/mol. The highest BCUT2D eigenvalue weighted by atomic mass is 19.3. The van der Waals surface area contributed by atoms with Crippen LogP contribution in [0.2, 0.25) is 0 Å². The molecule has 0 unspecified atom stereocenters. The van der Waals surface area contributed by atoms with Gasteiger partial charge < -0.3 is 5.32 Å². The van der Waals surface area contributed by atoms with E-state index in [0.717, 1.165) is 0 Å². The van der Waals surface area contributed by atoms with Crippen molar-refractivity contribution >= 4 is 0 Å². The highest BCUT2D eigenvalue weighted by Gasteiger charge is 2.30. The Balaban J connectivity index is 1.79. The smallest absolute Gasteiger partial charge is 0.285 e. The molecular formula is C12H14F2N4. The molecule has 4 nitrogen and oxygen atoms in total. The van der Waals surface area contributed by atoms with E-state index in [9.17, 15) is 8.78 Å². The predicted octanol–water partition coefficient (Wildman–Crippen LogP) is 1.66. The minimum atomic E-state index is -2.86. The summed E-state index contributed by atoms with van der Waals surface area (Å²) in [4.78, 5) is 0. The van der Waals surface area contributed by atoms with Crippen LogP contribution in [0.5, 0.6) is 0 Å². The van der Waals surface area contributed by atoms with Crippen LogP contribution in [0, 0.1) is 0 Å².